The van der Waals surface area contributed by atoms with Crippen molar-refractivity contribution in [3.05, 3.63) is 12.2 Å². The van der Waals surface area contributed by atoms with E-state index in [-0.39, 0.29) is 25.9 Å². The van der Waals surface area contributed by atoms with E-state index in [9.17, 15) is 28.9 Å². The average Bonchev–Trinajstić information content (AvgIpc) is 3.39. The number of rotatable bonds is 60. The molecule has 0 bridgehead atoms. The summed E-state index contributed by atoms with van der Waals surface area (Å²) in [5, 5.41) is 9.83. The number of phosphoric ester groups is 1. The molecule has 0 saturated carbocycles. The number of carbonyl (C=O) groups is 3. The Morgan fingerprint density at radius 1 is 0.365 bits per heavy atom. The monoisotopic (exact) mass is 1070 g/mol. The Morgan fingerprint density at radius 2 is 0.622 bits per heavy atom. The summed E-state index contributed by atoms with van der Waals surface area (Å²) in [7, 11) is -4.74. The van der Waals surface area contributed by atoms with Crippen LogP contribution in [0.25, 0.3) is 0 Å². The van der Waals surface area contributed by atoms with Crippen molar-refractivity contribution in [2.45, 2.75) is 341 Å². The third-order valence-electron chi connectivity index (χ3n) is 14.2. The molecule has 0 aliphatic rings. The third-order valence-corrected chi connectivity index (χ3v) is 15.1. The number of carbonyl (C=O) groups excluding carboxylic acids is 3. The predicted octanol–water partition coefficient (Wildman–Crippen LogP) is 18.8. The second kappa shape index (κ2) is 57.4. The maximum atomic E-state index is 12.9. The molecule has 3 atom stereocenters. The van der Waals surface area contributed by atoms with E-state index in [0.29, 0.717) is 19.3 Å². The zero-order chi connectivity index (χ0) is 54.1. The Kier molecular flexibility index (Phi) is 56.0. The number of ether oxygens (including phenoxy) is 3. The first-order valence-corrected chi connectivity index (χ1v) is 33.1. The van der Waals surface area contributed by atoms with Crippen LogP contribution in [0, 0.1) is 0 Å². The lowest BCUT2D eigenvalue weighted by Gasteiger charge is -2.21. The standard InChI is InChI=1S/C62H119O11P/c1-4-7-10-13-16-19-22-25-28-29-32-33-36-39-42-45-48-51-60(64)69-55-59(73-62(66)53-50-47-44-41-38-35-31-27-24-21-18-15-12-9-6-3)57-71-74(67,68)70-56-58(54-63)72-61(65)52-49-46-43-40-37-34-30-26-23-20-17-14-11-8-5-2/h27,31,58-59,63H,4-26,28-30,32-57H2,1-3H3,(H,67,68)/b31-27-. The van der Waals surface area contributed by atoms with Gasteiger partial charge in [-0.25, -0.2) is 4.57 Å². The fraction of sp³-hybridized carbons (Fsp3) is 0.919. The van der Waals surface area contributed by atoms with E-state index in [1.165, 1.54) is 193 Å². The first-order valence-electron chi connectivity index (χ1n) is 31.6. The van der Waals surface area contributed by atoms with Crippen LogP contribution in [0.3, 0.4) is 0 Å². The van der Waals surface area contributed by atoms with E-state index >= 15 is 0 Å². The number of hydrogen-bond acceptors (Lipinski definition) is 10. The summed E-state index contributed by atoms with van der Waals surface area (Å²) < 4.78 is 39.6. The van der Waals surface area contributed by atoms with Gasteiger partial charge in [-0.1, -0.05) is 277 Å². The Balaban J connectivity index is 4.65. The lowest BCUT2D eigenvalue weighted by molar-refractivity contribution is -0.161. The van der Waals surface area contributed by atoms with Crippen molar-refractivity contribution in [1.82, 2.24) is 0 Å². The topological polar surface area (TPSA) is 155 Å². The largest absolute Gasteiger partial charge is 0.472 e. The van der Waals surface area contributed by atoms with Crippen molar-refractivity contribution in [3.63, 3.8) is 0 Å². The van der Waals surface area contributed by atoms with Gasteiger partial charge in [-0.15, -0.1) is 0 Å². The van der Waals surface area contributed by atoms with Gasteiger partial charge in [0.15, 0.2) is 6.10 Å². The van der Waals surface area contributed by atoms with Crippen molar-refractivity contribution in [1.29, 1.82) is 0 Å². The lowest BCUT2D eigenvalue weighted by Crippen LogP contribution is -2.30. The zero-order valence-electron chi connectivity index (χ0n) is 48.6. The highest BCUT2D eigenvalue weighted by Gasteiger charge is 2.28. The van der Waals surface area contributed by atoms with Crippen molar-refractivity contribution < 1.29 is 52.2 Å². The van der Waals surface area contributed by atoms with E-state index in [1.807, 2.05) is 0 Å². The molecule has 0 rings (SSSR count). The molecule has 2 N–H and O–H groups in total. The van der Waals surface area contributed by atoms with Crippen molar-refractivity contribution in [2.24, 2.45) is 0 Å². The first-order chi connectivity index (χ1) is 36.2. The smallest absolute Gasteiger partial charge is 0.462 e. The van der Waals surface area contributed by atoms with Crippen LogP contribution in [0.1, 0.15) is 329 Å². The van der Waals surface area contributed by atoms with Gasteiger partial charge in [-0.05, 0) is 44.9 Å². The summed E-state index contributed by atoms with van der Waals surface area (Å²) in [5.74, 6) is -1.44. The predicted molar refractivity (Wildman–Crippen MR) is 307 cm³/mol. The molecular formula is C62H119O11P. The van der Waals surface area contributed by atoms with Gasteiger partial charge < -0.3 is 24.2 Å². The van der Waals surface area contributed by atoms with Crippen molar-refractivity contribution in [2.75, 3.05) is 26.4 Å². The average molecular weight is 1070 g/mol. The minimum Gasteiger partial charge on any atom is -0.462 e. The van der Waals surface area contributed by atoms with Crippen LogP contribution in [-0.2, 0) is 42.2 Å². The molecule has 0 spiro atoms. The van der Waals surface area contributed by atoms with Crippen LogP contribution in [0.5, 0.6) is 0 Å². The summed E-state index contributed by atoms with van der Waals surface area (Å²) in [4.78, 5) is 48.7. The molecule has 0 amide bonds. The third kappa shape index (κ3) is 55.0. The molecule has 0 aromatic rings. The maximum absolute atomic E-state index is 12.9. The molecule has 0 aliphatic heterocycles. The number of esters is 3. The molecule has 0 fully saturated rings. The summed E-state index contributed by atoms with van der Waals surface area (Å²) in [6, 6.07) is 0. The van der Waals surface area contributed by atoms with Gasteiger partial charge in [0.2, 0.25) is 0 Å². The van der Waals surface area contributed by atoms with Crippen LogP contribution in [0.4, 0.5) is 0 Å². The van der Waals surface area contributed by atoms with Crippen LogP contribution in [0.15, 0.2) is 12.2 Å². The van der Waals surface area contributed by atoms with Gasteiger partial charge in [0.1, 0.15) is 12.7 Å². The fourth-order valence-electron chi connectivity index (χ4n) is 9.35. The van der Waals surface area contributed by atoms with Gasteiger partial charge in [0.25, 0.3) is 0 Å². The number of aliphatic hydroxyl groups excluding tert-OH is 1. The van der Waals surface area contributed by atoms with Gasteiger partial charge in [0, 0.05) is 19.3 Å². The molecule has 0 radical (unpaired) electrons. The molecule has 3 unspecified atom stereocenters. The van der Waals surface area contributed by atoms with Gasteiger partial charge in [0.05, 0.1) is 19.8 Å². The van der Waals surface area contributed by atoms with Crippen LogP contribution < -0.4 is 0 Å². The molecule has 12 heteroatoms. The molecule has 0 saturated heterocycles. The quantitative estimate of drug-likeness (QED) is 0.0197. The number of allylic oxidation sites excluding steroid dienone is 2. The summed E-state index contributed by atoms with van der Waals surface area (Å²) in [5.41, 5.74) is 0. The van der Waals surface area contributed by atoms with Gasteiger partial charge in [-0.2, -0.15) is 0 Å². The first kappa shape index (κ1) is 72.2. The SMILES string of the molecule is CCCCCCCC/C=C\CCCCCCCC(=O)OC(COC(=O)CCCCCCCCCCCCCCCCCCC)COP(=O)(O)OCC(CO)OC(=O)CCCCCCCCCCCCCCCCC. The normalized spacial score (nSPS) is 13.3. The minimum absolute atomic E-state index is 0.165. The van der Waals surface area contributed by atoms with Crippen LogP contribution in [-0.4, -0.2) is 66.5 Å². The van der Waals surface area contributed by atoms with E-state index in [4.69, 9.17) is 23.3 Å². The maximum Gasteiger partial charge on any atom is 0.472 e. The fourth-order valence-corrected chi connectivity index (χ4v) is 10.1. The molecule has 11 nitrogen and oxygen atoms in total. The molecule has 74 heavy (non-hydrogen) atoms. The second-order valence-corrected chi connectivity index (χ2v) is 23.0. The van der Waals surface area contributed by atoms with Gasteiger partial charge in [-0.3, -0.25) is 23.4 Å². The molecule has 0 aliphatic carbocycles. The van der Waals surface area contributed by atoms with Crippen molar-refractivity contribution >= 4 is 25.7 Å². The Bertz CT molecular complexity index is 1290. The Labute approximate surface area is 456 Å². The molecule has 0 aromatic carbocycles. The Hall–Kier alpha value is -1.78. The number of unbranched alkanes of at least 4 members (excludes halogenated alkanes) is 41. The highest BCUT2D eigenvalue weighted by molar-refractivity contribution is 7.47. The van der Waals surface area contributed by atoms with E-state index in [1.54, 1.807) is 0 Å². The highest BCUT2D eigenvalue weighted by Crippen LogP contribution is 2.43. The van der Waals surface area contributed by atoms with Crippen LogP contribution >= 0.6 is 7.82 Å². The van der Waals surface area contributed by atoms with E-state index in [0.717, 1.165) is 77.0 Å². The summed E-state index contributed by atoms with van der Waals surface area (Å²) in [6.07, 6.45) is 57.3. The minimum atomic E-state index is -4.74. The van der Waals surface area contributed by atoms with Crippen molar-refractivity contribution in [3.8, 4) is 0 Å². The van der Waals surface area contributed by atoms with E-state index in [2.05, 4.69) is 32.9 Å². The molecular weight excluding hydrogens is 952 g/mol. The molecule has 0 heterocycles. The summed E-state index contributed by atoms with van der Waals surface area (Å²) in [6.45, 7) is 4.71. The number of aliphatic hydroxyl groups is 1. The molecule has 0 aromatic heterocycles. The second-order valence-electron chi connectivity index (χ2n) is 21.6. The summed E-state index contributed by atoms with van der Waals surface area (Å²) >= 11 is 0. The number of phosphoric acid groups is 1. The highest BCUT2D eigenvalue weighted by atomic mass is 31.2. The molecule has 438 valence electrons. The van der Waals surface area contributed by atoms with E-state index < -0.39 is 57.8 Å². The zero-order valence-corrected chi connectivity index (χ0v) is 49.5. The van der Waals surface area contributed by atoms with Gasteiger partial charge >= 0.3 is 25.7 Å². The Morgan fingerprint density at radius 3 is 0.932 bits per heavy atom. The number of hydrogen-bond donors (Lipinski definition) is 2. The van der Waals surface area contributed by atoms with Crippen LogP contribution in [0.2, 0.25) is 0 Å². The lowest BCUT2D eigenvalue weighted by atomic mass is 10.0.